The van der Waals surface area contributed by atoms with Gasteiger partial charge in [-0.15, -0.1) is 0 Å². The number of nitrogens with one attached hydrogen (secondary N) is 2. The molecule has 2 aliphatic rings. The number of amides is 2. The molecule has 2 aromatic heterocycles. The fourth-order valence-corrected chi connectivity index (χ4v) is 5.68. The molecule has 0 saturated carbocycles. The maximum atomic E-state index is 13.9. The first-order valence-electron chi connectivity index (χ1n) is 15.1. The summed E-state index contributed by atoms with van der Waals surface area (Å²) in [5, 5.41) is 6.32. The molecule has 0 aliphatic carbocycles. The van der Waals surface area contributed by atoms with E-state index in [-0.39, 0.29) is 48.9 Å². The number of halogens is 3. The van der Waals surface area contributed by atoms with Crippen molar-refractivity contribution in [3.05, 3.63) is 72.1 Å². The van der Waals surface area contributed by atoms with E-state index < -0.39 is 18.4 Å². The molecule has 2 fully saturated rings. The van der Waals surface area contributed by atoms with E-state index in [0.717, 1.165) is 13.0 Å². The number of carbonyl (C=O) groups is 2. The second-order valence-electron chi connectivity index (χ2n) is 10.9. The fourth-order valence-electron chi connectivity index (χ4n) is 5.68. The first kappa shape index (κ1) is 32.0. The zero-order valence-electron chi connectivity index (χ0n) is 25.2. The zero-order chi connectivity index (χ0) is 32.0. The molecule has 0 radical (unpaired) electrons. The van der Waals surface area contributed by atoms with Crippen LogP contribution in [0.4, 0.5) is 23.7 Å². The molecule has 3 aromatic rings. The third-order valence-corrected chi connectivity index (χ3v) is 7.95. The minimum absolute atomic E-state index is 0.0482. The van der Waals surface area contributed by atoms with Crippen molar-refractivity contribution >= 4 is 17.7 Å². The lowest BCUT2D eigenvalue weighted by Gasteiger charge is -2.42. The Balaban J connectivity index is 1.41. The molecule has 13 heteroatoms. The Morgan fingerprint density at radius 2 is 1.89 bits per heavy atom. The average molecular weight is 627 g/mol. The number of rotatable bonds is 9. The van der Waals surface area contributed by atoms with E-state index >= 15 is 0 Å². The SMILES string of the molecule is CCOc1ncccc1-c1ccc(N2CCN(C(=O)O[C@H](c3ccccc3)C(F)(F)F)C[C@H]2CC)c(C(=O)N[C@@H]2CCNC2)n1. The molecule has 3 atom stereocenters. The summed E-state index contributed by atoms with van der Waals surface area (Å²) >= 11 is 0. The number of hydrogen-bond donors (Lipinski definition) is 2. The lowest BCUT2D eigenvalue weighted by atomic mass is 10.1. The molecule has 4 heterocycles. The van der Waals surface area contributed by atoms with Gasteiger partial charge in [-0.05, 0) is 50.6 Å². The lowest BCUT2D eigenvalue weighted by Crippen LogP contribution is -2.55. The quantitative estimate of drug-likeness (QED) is 0.343. The van der Waals surface area contributed by atoms with Crippen LogP contribution in [0.5, 0.6) is 5.88 Å². The number of nitrogens with zero attached hydrogens (tertiary/aromatic N) is 4. The molecule has 10 nitrogen and oxygen atoms in total. The Labute approximate surface area is 259 Å². The molecule has 2 saturated heterocycles. The maximum absolute atomic E-state index is 13.9. The van der Waals surface area contributed by atoms with Crippen LogP contribution in [0.1, 0.15) is 48.8 Å². The van der Waals surface area contributed by atoms with Crippen LogP contribution in [0.2, 0.25) is 0 Å². The highest BCUT2D eigenvalue weighted by Gasteiger charge is 2.45. The van der Waals surface area contributed by atoms with Gasteiger partial charge in [0.1, 0.15) is 0 Å². The molecule has 2 amide bonds. The van der Waals surface area contributed by atoms with Crippen molar-refractivity contribution in [3.8, 4) is 17.1 Å². The summed E-state index contributed by atoms with van der Waals surface area (Å²) in [4.78, 5) is 39.2. The first-order valence-corrected chi connectivity index (χ1v) is 15.1. The average Bonchev–Trinajstić information content (AvgIpc) is 3.56. The van der Waals surface area contributed by atoms with Gasteiger partial charge in [0.15, 0.2) is 5.69 Å². The van der Waals surface area contributed by atoms with Crippen molar-refractivity contribution in [2.75, 3.05) is 44.2 Å². The van der Waals surface area contributed by atoms with E-state index in [4.69, 9.17) is 14.5 Å². The van der Waals surface area contributed by atoms with Crippen molar-refractivity contribution < 1.29 is 32.2 Å². The number of hydrogen-bond acceptors (Lipinski definition) is 8. The monoisotopic (exact) mass is 626 g/mol. The Morgan fingerprint density at radius 1 is 1.09 bits per heavy atom. The molecule has 5 rings (SSSR count). The van der Waals surface area contributed by atoms with Crippen LogP contribution in [0, 0.1) is 0 Å². The summed E-state index contributed by atoms with van der Waals surface area (Å²) in [5.41, 5.74) is 1.78. The van der Waals surface area contributed by atoms with Crippen molar-refractivity contribution in [1.29, 1.82) is 0 Å². The van der Waals surface area contributed by atoms with Gasteiger partial charge >= 0.3 is 12.3 Å². The third kappa shape index (κ3) is 7.47. The van der Waals surface area contributed by atoms with E-state index in [0.29, 0.717) is 42.4 Å². The fraction of sp³-hybridized carbons (Fsp3) is 0.438. The number of piperazine rings is 1. The lowest BCUT2D eigenvalue weighted by molar-refractivity contribution is -0.209. The number of anilines is 1. The molecule has 1 aromatic carbocycles. The van der Waals surface area contributed by atoms with Gasteiger partial charge in [0, 0.05) is 50.0 Å². The van der Waals surface area contributed by atoms with Gasteiger partial charge in [0.2, 0.25) is 12.0 Å². The Bertz CT molecular complexity index is 1470. The summed E-state index contributed by atoms with van der Waals surface area (Å²) in [6.07, 6.45) is -5.23. The molecule has 0 spiro atoms. The van der Waals surface area contributed by atoms with Crippen molar-refractivity contribution in [2.24, 2.45) is 0 Å². The Kier molecular flexibility index (Phi) is 10.1. The van der Waals surface area contributed by atoms with Gasteiger partial charge in [0.25, 0.3) is 5.91 Å². The normalized spacial score (nSPS) is 19.2. The second kappa shape index (κ2) is 14.1. The number of carbonyl (C=O) groups excluding carboxylic acids is 2. The van der Waals surface area contributed by atoms with Crippen LogP contribution in [0.25, 0.3) is 11.3 Å². The number of alkyl halides is 3. The minimum atomic E-state index is -4.77. The number of ether oxygens (including phenoxy) is 2. The summed E-state index contributed by atoms with van der Waals surface area (Å²) in [6.45, 7) is 6.11. The summed E-state index contributed by atoms with van der Waals surface area (Å²) < 4.78 is 52.4. The van der Waals surface area contributed by atoms with Crippen LogP contribution >= 0.6 is 0 Å². The summed E-state index contributed by atoms with van der Waals surface area (Å²) in [5.74, 6) is 0.0628. The Morgan fingerprint density at radius 3 is 2.58 bits per heavy atom. The largest absolute Gasteiger partial charge is 0.477 e. The van der Waals surface area contributed by atoms with E-state index in [9.17, 15) is 22.8 Å². The van der Waals surface area contributed by atoms with Crippen LogP contribution < -0.4 is 20.3 Å². The topological polar surface area (TPSA) is 109 Å². The standard InChI is InChI=1S/C32H37F3N6O4/c1-3-23-20-40(31(43)45-28(32(33,34)35)21-9-6-5-7-10-21)17-18-41(23)26-13-12-25(24-11-8-15-37-30(24)44-4-2)39-27(26)29(42)38-22-14-16-36-19-22/h5-13,15,22-23,28,36H,3-4,14,16-20H2,1-2H3,(H,38,42)/t22-,23-,28-/m1/s1. The zero-order valence-corrected chi connectivity index (χ0v) is 25.2. The van der Waals surface area contributed by atoms with Crippen LogP contribution in [-0.2, 0) is 4.74 Å². The van der Waals surface area contributed by atoms with Gasteiger partial charge < -0.3 is 29.9 Å². The first-order chi connectivity index (χ1) is 21.7. The number of aromatic nitrogens is 2. The predicted octanol–water partition coefficient (Wildman–Crippen LogP) is 4.97. The van der Waals surface area contributed by atoms with Gasteiger partial charge in [0.05, 0.1) is 23.6 Å². The molecule has 0 bridgehead atoms. The molecule has 240 valence electrons. The van der Waals surface area contributed by atoms with Crippen LogP contribution in [-0.4, -0.2) is 84.5 Å². The van der Waals surface area contributed by atoms with Gasteiger partial charge in [-0.3, -0.25) is 4.79 Å². The minimum Gasteiger partial charge on any atom is -0.477 e. The second-order valence-corrected chi connectivity index (χ2v) is 10.9. The smallest absolute Gasteiger partial charge is 0.429 e. The van der Waals surface area contributed by atoms with Crippen molar-refractivity contribution in [3.63, 3.8) is 0 Å². The molecule has 2 aliphatic heterocycles. The Hall–Kier alpha value is -4.39. The molecule has 45 heavy (non-hydrogen) atoms. The van der Waals surface area contributed by atoms with E-state index in [1.165, 1.54) is 29.2 Å². The van der Waals surface area contributed by atoms with Crippen LogP contribution in [0.3, 0.4) is 0 Å². The molecular weight excluding hydrogens is 589 g/mol. The summed E-state index contributed by atoms with van der Waals surface area (Å²) in [6, 6.07) is 13.9. The molecule has 0 unspecified atom stereocenters. The highest BCUT2D eigenvalue weighted by atomic mass is 19.4. The molecular formula is C32H37F3N6O4. The highest BCUT2D eigenvalue weighted by Crippen LogP contribution is 2.37. The molecule has 2 N–H and O–H groups in total. The van der Waals surface area contributed by atoms with Gasteiger partial charge in [-0.2, -0.15) is 13.2 Å². The van der Waals surface area contributed by atoms with Crippen molar-refractivity contribution in [1.82, 2.24) is 25.5 Å². The maximum Gasteiger partial charge on any atom is 0.429 e. The van der Waals surface area contributed by atoms with Gasteiger partial charge in [-0.1, -0.05) is 37.3 Å². The number of pyridine rings is 2. The van der Waals surface area contributed by atoms with Crippen molar-refractivity contribution in [2.45, 2.75) is 51.1 Å². The predicted molar refractivity (Wildman–Crippen MR) is 162 cm³/mol. The van der Waals surface area contributed by atoms with Crippen LogP contribution in [0.15, 0.2) is 60.8 Å². The van der Waals surface area contributed by atoms with Gasteiger partial charge in [-0.25, -0.2) is 14.8 Å². The number of benzene rings is 1. The highest BCUT2D eigenvalue weighted by molar-refractivity contribution is 5.99. The van der Waals surface area contributed by atoms with E-state index in [1.807, 2.05) is 30.9 Å². The van der Waals surface area contributed by atoms with E-state index in [2.05, 4.69) is 15.6 Å². The summed E-state index contributed by atoms with van der Waals surface area (Å²) in [7, 11) is 0. The van der Waals surface area contributed by atoms with E-state index in [1.54, 1.807) is 24.4 Å². The third-order valence-electron chi connectivity index (χ3n) is 7.95.